The van der Waals surface area contributed by atoms with Gasteiger partial charge < -0.3 is 0 Å². The Bertz CT molecular complexity index is 419. The quantitative estimate of drug-likeness (QED) is 0.707. The average Bonchev–Trinajstić information content (AvgIpc) is 2.31. The lowest BCUT2D eigenvalue weighted by Gasteiger charge is -2.17. The Labute approximate surface area is 95.0 Å². The van der Waals surface area contributed by atoms with E-state index in [0.717, 1.165) is 18.4 Å². The molecule has 0 amide bonds. The van der Waals surface area contributed by atoms with Crippen LogP contribution >= 0.6 is 0 Å². The van der Waals surface area contributed by atoms with E-state index in [9.17, 15) is 8.78 Å². The molecule has 0 saturated carbocycles. The molecule has 0 nitrogen and oxygen atoms in total. The zero-order valence-electron chi connectivity index (χ0n) is 9.52. The van der Waals surface area contributed by atoms with Gasteiger partial charge in [-0.3, -0.25) is 0 Å². The van der Waals surface area contributed by atoms with E-state index in [2.05, 4.69) is 6.92 Å². The van der Waals surface area contributed by atoms with Crippen molar-refractivity contribution >= 4 is 6.08 Å². The maximum Gasteiger partial charge on any atom is 0.162 e. The Kier molecular flexibility index (Phi) is 3.37. The van der Waals surface area contributed by atoms with Crippen molar-refractivity contribution < 1.29 is 8.78 Å². The molecule has 0 bridgehead atoms. The minimum atomic E-state index is -0.732. The predicted molar refractivity (Wildman–Crippen MR) is 62.2 cm³/mol. The molecule has 86 valence electrons. The smallest absolute Gasteiger partial charge is 0.162 e. The lowest BCUT2D eigenvalue weighted by atomic mass is 9.89. The molecule has 0 N–H and O–H groups in total. The van der Waals surface area contributed by atoms with E-state index in [4.69, 9.17) is 0 Å². The Balaban J connectivity index is 2.27. The minimum Gasteiger partial charge on any atom is -0.204 e. The number of hydrogen-bond donors (Lipinski definition) is 0. The zero-order valence-corrected chi connectivity index (χ0v) is 9.52. The molecule has 0 atom stereocenters. The number of rotatable bonds is 3. The molecule has 16 heavy (non-hydrogen) atoms. The summed E-state index contributed by atoms with van der Waals surface area (Å²) < 4.78 is 26.5. The lowest BCUT2D eigenvalue weighted by molar-refractivity contribution is 0.497. The van der Waals surface area contributed by atoms with Crippen molar-refractivity contribution in [2.24, 2.45) is 0 Å². The Morgan fingerprint density at radius 3 is 2.75 bits per heavy atom. The van der Waals surface area contributed by atoms with Crippen LogP contribution in [0.1, 0.15) is 43.7 Å². The van der Waals surface area contributed by atoms with Crippen LogP contribution in [-0.2, 0) is 6.42 Å². The molecule has 2 rings (SSSR count). The summed E-state index contributed by atoms with van der Waals surface area (Å²) in [5, 5.41) is 0. The van der Waals surface area contributed by atoms with Crippen LogP contribution < -0.4 is 0 Å². The lowest BCUT2D eigenvalue weighted by Crippen LogP contribution is -2.04. The van der Waals surface area contributed by atoms with E-state index in [1.54, 1.807) is 6.07 Å². The van der Waals surface area contributed by atoms with Crippen LogP contribution in [0.5, 0.6) is 0 Å². The van der Waals surface area contributed by atoms with Gasteiger partial charge in [0, 0.05) is 0 Å². The summed E-state index contributed by atoms with van der Waals surface area (Å²) in [5.41, 5.74) is 2.76. The topological polar surface area (TPSA) is 0 Å². The van der Waals surface area contributed by atoms with Crippen molar-refractivity contribution in [3.05, 3.63) is 40.5 Å². The highest BCUT2D eigenvalue weighted by Crippen LogP contribution is 2.29. The molecule has 0 aromatic heterocycles. The van der Waals surface area contributed by atoms with Gasteiger partial charge in [-0.25, -0.2) is 8.78 Å². The Hall–Kier alpha value is -1.18. The largest absolute Gasteiger partial charge is 0.204 e. The summed E-state index contributed by atoms with van der Waals surface area (Å²) in [6.45, 7) is 2.16. The highest BCUT2D eigenvalue weighted by molar-refractivity contribution is 5.59. The van der Waals surface area contributed by atoms with Gasteiger partial charge in [0.05, 0.1) is 0 Å². The molecule has 0 radical (unpaired) electrons. The maximum absolute atomic E-state index is 13.5. The molecular formula is C14H16F2. The molecule has 0 saturated heterocycles. The second-order valence-electron chi connectivity index (χ2n) is 4.34. The summed E-state index contributed by atoms with van der Waals surface area (Å²) in [5.74, 6) is -1.40. The van der Waals surface area contributed by atoms with Crippen LogP contribution in [0.3, 0.4) is 0 Å². The molecule has 0 aliphatic heterocycles. The Morgan fingerprint density at radius 1 is 1.19 bits per heavy atom. The normalized spacial score (nSPS) is 14.6. The van der Waals surface area contributed by atoms with Crippen LogP contribution in [0.15, 0.2) is 17.7 Å². The van der Waals surface area contributed by atoms with E-state index in [1.807, 2.05) is 6.08 Å². The second-order valence-corrected chi connectivity index (χ2v) is 4.34. The van der Waals surface area contributed by atoms with Gasteiger partial charge in [-0.15, -0.1) is 0 Å². The van der Waals surface area contributed by atoms with Crippen molar-refractivity contribution in [2.45, 2.75) is 39.0 Å². The summed E-state index contributed by atoms with van der Waals surface area (Å²) in [6.07, 6.45) is 6.95. The monoisotopic (exact) mass is 222 g/mol. The van der Waals surface area contributed by atoms with E-state index >= 15 is 0 Å². The molecule has 0 unspecified atom stereocenters. The van der Waals surface area contributed by atoms with Crippen LogP contribution in [0, 0.1) is 11.6 Å². The number of hydrogen-bond acceptors (Lipinski definition) is 0. The molecule has 1 aliphatic rings. The van der Waals surface area contributed by atoms with Gasteiger partial charge in [0.1, 0.15) is 0 Å². The molecule has 1 aromatic carbocycles. The highest BCUT2D eigenvalue weighted by Gasteiger charge is 2.16. The molecule has 2 heteroatoms. The fraction of sp³-hybridized carbons (Fsp3) is 0.429. The van der Waals surface area contributed by atoms with Crippen LogP contribution in [0.25, 0.3) is 6.08 Å². The number of allylic oxidation sites excluding steroid dienone is 1. The summed E-state index contributed by atoms with van der Waals surface area (Å²) in [4.78, 5) is 0. The fourth-order valence-electron chi connectivity index (χ4n) is 2.18. The van der Waals surface area contributed by atoms with E-state index in [-0.39, 0.29) is 0 Å². The van der Waals surface area contributed by atoms with Gasteiger partial charge in [-0.2, -0.15) is 0 Å². The van der Waals surface area contributed by atoms with E-state index in [1.165, 1.54) is 24.5 Å². The van der Waals surface area contributed by atoms with E-state index in [0.29, 0.717) is 12.0 Å². The third kappa shape index (κ3) is 2.16. The van der Waals surface area contributed by atoms with Gasteiger partial charge in [0.25, 0.3) is 0 Å². The number of fused-ring (bicyclic) bond motifs is 1. The molecule has 0 heterocycles. The first kappa shape index (κ1) is 11.3. The fourth-order valence-corrected chi connectivity index (χ4v) is 2.18. The van der Waals surface area contributed by atoms with E-state index < -0.39 is 11.6 Å². The van der Waals surface area contributed by atoms with Gasteiger partial charge in [-0.1, -0.05) is 31.1 Å². The maximum atomic E-state index is 13.5. The standard InChI is InChI=1S/C14H16F2/c1-2-3-4-10-5-7-12-11(9-10)6-8-13(15)14(12)16/h6,8-9H,2-5,7H2,1H3. The highest BCUT2D eigenvalue weighted by atomic mass is 19.2. The van der Waals surface area contributed by atoms with Crippen LogP contribution in [-0.4, -0.2) is 0 Å². The number of unbranched alkanes of at least 4 members (excludes halogenated alkanes) is 1. The molecule has 0 fully saturated rings. The van der Waals surface area contributed by atoms with Gasteiger partial charge in [-0.05, 0) is 42.9 Å². The molecular weight excluding hydrogens is 206 g/mol. The number of halogens is 2. The summed E-state index contributed by atoms with van der Waals surface area (Å²) >= 11 is 0. The van der Waals surface area contributed by atoms with Crippen molar-refractivity contribution in [2.75, 3.05) is 0 Å². The number of benzene rings is 1. The molecule has 1 aliphatic carbocycles. The first-order valence-electron chi connectivity index (χ1n) is 5.88. The van der Waals surface area contributed by atoms with Gasteiger partial charge in [0.15, 0.2) is 11.6 Å². The first-order valence-corrected chi connectivity index (χ1v) is 5.88. The Morgan fingerprint density at radius 2 is 2.00 bits per heavy atom. The molecule has 0 spiro atoms. The summed E-state index contributed by atoms with van der Waals surface area (Å²) in [6, 6.07) is 2.90. The third-order valence-electron chi connectivity index (χ3n) is 3.14. The minimum absolute atomic E-state index is 0.542. The molecule has 1 aromatic rings. The van der Waals surface area contributed by atoms with Crippen LogP contribution in [0.4, 0.5) is 8.78 Å². The third-order valence-corrected chi connectivity index (χ3v) is 3.14. The zero-order chi connectivity index (χ0) is 11.5. The second kappa shape index (κ2) is 4.77. The summed E-state index contributed by atoms with van der Waals surface area (Å²) in [7, 11) is 0. The van der Waals surface area contributed by atoms with Crippen molar-refractivity contribution in [3.63, 3.8) is 0 Å². The van der Waals surface area contributed by atoms with Crippen LogP contribution in [0.2, 0.25) is 0 Å². The van der Waals surface area contributed by atoms with Gasteiger partial charge >= 0.3 is 0 Å². The van der Waals surface area contributed by atoms with Gasteiger partial charge in [0.2, 0.25) is 0 Å². The van der Waals surface area contributed by atoms with Crippen molar-refractivity contribution in [3.8, 4) is 0 Å². The SMILES string of the molecule is CCCCC1=Cc2ccc(F)c(F)c2CC1. The van der Waals surface area contributed by atoms with Crippen molar-refractivity contribution in [1.29, 1.82) is 0 Å². The van der Waals surface area contributed by atoms with Crippen molar-refractivity contribution in [1.82, 2.24) is 0 Å². The first-order chi connectivity index (χ1) is 7.72. The predicted octanol–water partition coefficient (Wildman–Crippen LogP) is 4.48. The average molecular weight is 222 g/mol.